The number of hydrogen-bond donors (Lipinski definition) is 1. The van der Waals surface area contributed by atoms with Crippen molar-refractivity contribution in [2.75, 3.05) is 32.7 Å². The molecule has 3 heterocycles. The molecule has 1 aromatic heterocycles. The molecular formula is C38H53FN4O2. The van der Waals surface area contributed by atoms with Gasteiger partial charge in [0.1, 0.15) is 11.9 Å². The van der Waals surface area contributed by atoms with Crippen LogP contribution in [-0.4, -0.2) is 69.4 Å². The summed E-state index contributed by atoms with van der Waals surface area (Å²) in [5, 5.41) is 15.1. The van der Waals surface area contributed by atoms with Crippen LogP contribution in [0.4, 0.5) is 4.39 Å². The second-order valence-electron chi connectivity index (χ2n) is 14.6. The van der Waals surface area contributed by atoms with Crippen molar-refractivity contribution < 1.29 is 14.3 Å². The summed E-state index contributed by atoms with van der Waals surface area (Å²) in [5.41, 5.74) is 6.26. The summed E-state index contributed by atoms with van der Waals surface area (Å²) in [6.07, 6.45) is 3.82. The lowest BCUT2D eigenvalue weighted by molar-refractivity contribution is -0.145. The van der Waals surface area contributed by atoms with Crippen LogP contribution in [0.5, 0.6) is 0 Å². The van der Waals surface area contributed by atoms with E-state index in [1.807, 2.05) is 13.0 Å². The molecule has 0 unspecified atom stereocenters. The number of aliphatic carboxylic acids is 1. The smallest absolute Gasteiger partial charge is 0.321 e. The van der Waals surface area contributed by atoms with Gasteiger partial charge >= 0.3 is 5.97 Å². The van der Waals surface area contributed by atoms with Crippen LogP contribution in [0.25, 0.3) is 0 Å². The highest BCUT2D eigenvalue weighted by Crippen LogP contribution is 2.38. The normalized spacial score (nSPS) is 21.7. The number of hydrogen-bond acceptors (Lipinski definition) is 4. The van der Waals surface area contributed by atoms with Gasteiger partial charge in [0.05, 0.1) is 5.69 Å². The number of aryl methyl sites for hydroxylation is 1. The van der Waals surface area contributed by atoms with Gasteiger partial charge in [-0.15, -0.1) is 0 Å². The number of rotatable bonds is 11. The molecule has 2 aliphatic rings. The SMILES string of the molecule is CC[C@H](C)[C@H](C(=O)O)N1C[C@H](CN2CCC(c3cc(Cc4ccc(C(C)(C)C)cc4)nn3CC)CC2)[C@@H](c2cccc(F)c2)C1. The monoisotopic (exact) mass is 616 g/mol. The molecule has 0 saturated carbocycles. The van der Waals surface area contributed by atoms with E-state index in [4.69, 9.17) is 5.10 Å². The van der Waals surface area contributed by atoms with Crippen molar-refractivity contribution in [3.8, 4) is 0 Å². The fourth-order valence-corrected chi connectivity index (χ4v) is 7.64. The second-order valence-corrected chi connectivity index (χ2v) is 14.6. The predicted molar refractivity (Wildman–Crippen MR) is 179 cm³/mol. The highest BCUT2D eigenvalue weighted by molar-refractivity contribution is 5.74. The van der Waals surface area contributed by atoms with E-state index in [1.165, 1.54) is 22.9 Å². The summed E-state index contributed by atoms with van der Waals surface area (Å²) in [6, 6.07) is 17.7. The van der Waals surface area contributed by atoms with Crippen molar-refractivity contribution >= 4 is 5.97 Å². The molecule has 0 aliphatic carbocycles. The fraction of sp³-hybridized carbons (Fsp3) is 0.579. The zero-order chi connectivity index (χ0) is 32.3. The van der Waals surface area contributed by atoms with Gasteiger partial charge in [0.25, 0.3) is 0 Å². The van der Waals surface area contributed by atoms with Crippen molar-refractivity contribution in [2.45, 2.75) is 97.1 Å². The van der Waals surface area contributed by atoms with Crippen LogP contribution in [0.1, 0.15) is 101 Å². The van der Waals surface area contributed by atoms with Gasteiger partial charge in [-0.1, -0.05) is 77.4 Å². The molecule has 5 rings (SSSR count). The van der Waals surface area contributed by atoms with E-state index in [-0.39, 0.29) is 29.0 Å². The van der Waals surface area contributed by atoms with E-state index < -0.39 is 12.0 Å². The lowest BCUT2D eigenvalue weighted by atomic mass is 9.86. The molecule has 6 nitrogen and oxygen atoms in total. The van der Waals surface area contributed by atoms with E-state index in [2.05, 4.69) is 79.4 Å². The van der Waals surface area contributed by atoms with Gasteiger partial charge < -0.3 is 10.0 Å². The Hall–Kier alpha value is -3.03. The third-order valence-corrected chi connectivity index (χ3v) is 10.4. The Bertz CT molecular complexity index is 1420. The number of carboxylic acids is 1. The summed E-state index contributed by atoms with van der Waals surface area (Å²) in [5.74, 6) is -0.0702. The van der Waals surface area contributed by atoms with Crippen molar-refractivity contribution in [3.63, 3.8) is 0 Å². The maximum absolute atomic E-state index is 14.3. The standard InChI is InChI=1S/C38H53FN4O2/c1-7-26(3)36(37(44)45)42-24-30(34(25-42)29-10-9-11-32(39)21-29)23-41-18-16-28(17-19-41)35-22-33(40-43(35)8-2)20-27-12-14-31(15-13-27)38(4,5)6/h9-15,21-22,26,28,30,34,36H,7-8,16-20,23-25H2,1-6H3,(H,44,45)/t26-,30-,34+,36+/m0/s1. The average molecular weight is 617 g/mol. The van der Waals surface area contributed by atoms with Gasteiger partial charge in [-0.3, -0.25) is 14.4 Å². The summed E-state index contributed by atoms with van der Waals surface area (Å²) < 4.78 is 16.5. The third kappa shape index (κ3) is 7.86. The number of carbonyl (C=O) groups is 1. The average Bonchev–Trinajstić information content (AvgIpc) is 3.61. The molecule has 0 bridgehead atoms. The Kier molecular flexibility index (Phi) is 10.5. The third-order valence-electron chi connectivity index (χ3n) is 10.4. The zero-order valence-electron chi connectivity index (χ0n) is 28.2. The number of halogens is 1. The fourth-order valence-electron chi connectivity index (χ4n) is 7.64. The molecule has 4 atom stereocenters. The van der Waals surface area contributed by atoms with Crippen LogP contribution in [0, 0.1) is 17.7 Å². The molecular weight excluding hydrogens is 563 g/mol. The van der Waals surface area contributed by atoms with Crippen LogP contribution < -0.4 is 0 Å². The number of likely N-dealkylation sites (tertiary alicyclic amines) is 2. The number of carboxylic acid groups (broad SMARTS) is 1. The van der Waals surface area contributed by atoms with Gasteiger partial charge in [0.2, 0.25) is 0 Å². The van der Waals surface area contributed by atoms with Crippen LogP contribution in [0.15, 0.2) is 54.6 Å². The molecule has 7 heteroatoms. The maximum Gasteiger partial charge on any atom is 0.321 e. The minimum Gasteiger partial charge on any atom is -0.480 e. The van der Waals surface area contributed by atoms with Crippen LogP contribution >= 0.6 is 0 Å². The highest BCUT2D eigenvalue weighted by atomic mass is 19.1. The minimum atomic E-state index is -0.752. The Morgan fingerprint density at radius 2 is 1.76 bits per heavy atom. The predicted octanol–water partition coefficient (Wildman–Crippen LogP) is 7.32. The van der Waals surface area contributed by atoms with E-state index >= 15 is 0 Å². The Labute approximate surface area is 269 Å². The first kappa shape index (κ1) is 33.3. The van der Waals surface area contributed by atoms with Gasteiger partial charge in [-0.05, 0) is 85.0 Å². The number of aromatic nitrogens is 2. The second kappa shape index (κ2) is 14.2. The van der Waals surface area contributed by atoms with Crippen LogP contribution in [0.2, 0.25) is 0 Å². The summed E-state index contributed by atoms with van der Waals surface area (Å²) in [7, 11) is 0. The highest BCUT2D eigenvalue weighted by Gasteiger charge is 2.42. The van der Waals surface area contributed by atoms with Crippen LogP contribution in [-0.2, 0) is 23.2 Å². The molecule has 3 aromatic rings. The lowest BCUT2D eigenvalue weighted by Crippen LogP contribution is -2.45. The summed E-state index contributed by atoms with van der Waals surface area (Å²) >= 11 is 0. The molecule has 2 aliphatic heterocycles. The van der Waals surface area contributed by atoms with Gasteiger partial charge in [-0.2, -0.15) is 5.10 Å². The molecule has 244 valence electrons. The first-order valence-corrected chi connectivity index (χ1v) is 17.1. The molecule has 2 saturated heterocycles. The number of nitrogens with zero attached hydrogens (tertiary/aromatic N) is 4. The Morgan fingerprint density at radius 3 is 2.36 bits per heavy atom. The van der Waals surface area contributed by atoms with Gasteiger partial charge in [0.15, 0.2) is 0 Å². The topological polar surface area (TPSA) is 61.6 Å². The molecule has 2 fully saturated rings. The minimum absolute atomic E-state index is 0.0568. The first-order valence-electron chi connectivity index (χ1n) is 17.1. The molecule has 1 N–H and O–H groups in total. The summed E-state index contributed by atoms with van der Waals surface area (Å²) in [4.78, 5) is 17.0. The van der Waals surface area contributed by atoms with Gasteiger partial charge in [0, 0.05) is 50.1 Å². The molecule has 2 aromatic carbocycles. The number of piperidine rings is 1. The lowest BCUT2D eigenvalue weighted by Gasteiger charge is -2.35. The van der Waals surface area contributed by atoms with Crippen molar-refractivity contribution in [1.82, 2.24) is 19.6 Å². The number of benzene rings is 2. The van der Waals surface area contributed by atoms with E-state index in [0.717, 1.165) is 69.7 Å². The van der Waals surface area contributed by atoms with Gasteiger partial charge in [-0.25, -0.2) is 4.39 Å². The zero-order valence-corrected chi connectivity index (χ0v) is 28.2. The van der Waals surface area contributed by atoms with Crippen molar-refractivity contribution in [2.24, 2.45) is 11.8 Å². The molecule has 0 radical (unpaired) electrons. The maximum atomic E-state index is 14.3. The largest absolute Gasteiger partial charge is 0.480 e. The van der Waals surface area contributed by atoms with E-state index in [1.54, 1.807) is 12.1 Å². The van der Waals surface area contributed by atoms with Crippen molar-refractivity contribution in [3.05, 3.63) is 88.5 Å². The molecule has 45 heavy (non-hydrogen) atoms. The first-order chi connectivity index (χ1) is 21.5. The molecule has 0 amide bonds. The Balaban J connectivity index is 1.25. The molecule has 0 spiro atoms. The van der Waals surface area contributed by atoms with Crippen molar-refractivity contribution in [1.29, 1.82) is 0 Å². The van der Waals surface area contributed by atoms with E-state index in [9.17, 15) is 14.3 Å². The van der Waals surface area contributed by atoms with Crippen LogP contribution in [0.3, 0.4) is 0 Å². The Morgan fingerprint density at radius 1 is 1.04 bits per heavy atom. The quantitative estimate of drug-likeness (QED) is 0.245. The van der Waals surface area contributed by atoms with E-state index in [0.29, 0.717) is 12.5 Å². The summed E-state index contributed by atoms with van der Waals surface area (Å²) in [6.45, 7) is 18.2.